The number of rotatable bonds is 4. The zero-order chi connectivity index (χ0) is 32.0. The van der Waals surface area contributed by atoms with Gasteiger partial charge in [0.05, 0.1) is 12.7 Å². The van der Waals surface area contributed by atoms with E-state index in [1.165, 1.54) is 43.5 Å². The monoisotopic (exact) mass is 624 g/mol. The Morgan fingerprint density at radius 3 is 2.80 bits per heavy atom. The van der Waals surface area contributed by atoms with Gasteiger partial charge in [0.2, 0.25) is 5.91 Å². The van der Waals surface area contributed by atoms with Crippen molar-refractivity contribution in [3.05, 3.63) is 107 Å². The Morgan fingerprint density at radius 1 is 1.04 bits per heavy atom. The lowest BCUT2D eigenvalue weighted by molar-refractivity contribution is -0.140. The topological polar surface area (TPSA) is 109 Å². The highest BCUT2D eigenvalue weighted by Crippen LogP contribution is 2.37. The number of benzene rings is 3. The number of amides is 1. The Kier molecular flexibility index (Phi) is 9.23. The largest absolute Gasteiger partial charge is 0.469 e. The predicted molar refractivity (Wildman–Crippen MR) is 171 cm³/mol. The molecule has 1 aliphatic heterocycles. The van der Waals surface area contributed by atoms with E-state index in [9.17, 15) is 9.59 Å². The van der Waals surface area contributed by atoms with Gasteiger partial charge in [-0.25, -0.2) is 13.8 Å². The van der Waals surface area contributed by atoms with Crippen molar-refractivity contribution in [2.45, 2.75) is 44.4 Å². The maximum absolute atomic E-state index is 15.4. The summed E-state index contributed by atoms with van der Waals surface area (Å²) in [7, 11) is 1.38. The summed E-state index contributed by atoms with van der Waals surface area (Å²) < 4.78 is 41.5. The van der Waals surface area contributed by atoms with Crippen molar-refractivity contribution in [2.24, 2.45) is 0 Å². The number of hydrogen-bond acceptors (Lipinski definition) is 5. The number of nitrogens with one attached hydrogen (secondary N) is 3. The quantitative estimate of drug-likeness (QED) is 0.179. The molecule has 6 rings (SSSR count). The molecule has 8 nitrogen and oxygen atoms in total. The Morgan fingerprint density at radius 2 is 1.93 bits per heavy atom. The van der Waals surface area contributed by atoms with E-state index >= 15 is 8.78 Å². The molecule has 10 heteroatoms. The molecule has 46 heavy (non-hydrogen) atoms. The zero-order valence-electron chi connectivity index (χ0n) is 25.4. The summed E-state index contributed by atoms with van der Waals surface area (Å²) >= 11 is 0. The predicted octanol–water partition coefficient (Wildman–Crippen LogP) is 7.57. The molecular weight excluding hydrogens is 590 g/mol. The Balaban J connectivity index is 1.38. The number of aromatic amines is 2. The van der Waals surface area contributed by atoms with Crippen molar-refractivity contribution in [3.8, 4) is 22.9 Å². The lowest BCUT2D eigenvalue weighted by atomic mass is 9.89. The molecular formula is C36H34F2N4O4. The lowest BCUT2D eigenvalue weighted by Crippen LogP contribution is -2.22. The summed E-state index contributed by atoms with van der Waals surface area (Å²) in [4.78, 5) is 35.3. The van der Waals surface area contributed by atoms with Crippen LogP contribution in [0.15, 0.2) is 73.1 Å². The fraction of sp³-hybridized carbons (Fsp3) is 0.250. The molecule has 0 saturated heterocycles. The number of esters is 1. The van der Waals surface area contributed by atoms with Crippen molar-refractivity contribution in [2.75, 3.05) is 13.7 Å². The zero-order valence-corrected chi connectivity index (χ0v) is 25.4. The van der Waals surface area contributed by atoms with Gasteiger partial charge < -0.3 is 24.8 Å². The van der Waals surface area contributed by atoms with Crippen LogP contribution in [0, 0.1) is 11.6 Å². The third-order valence-electron chi connectivity index (χ3n) is 8.25. The van der Waals surface area contributed by atoms with E-state index in [-0.39, 0.29) is 41.3 Å². The smallest absolute Gasteiger partial charge is 0.305 e. The molecule has 236 valence electrons. The minimum atomic E-state index is -0.635. The van der Waals surface area contributed by atoms with Crippen LogP contribution in [0.1, 0.15) is 60.4 Å². The van der Waals surface area contributed by atoms with Crippen LogP contribution in [0.4, 0.5) is 8.78 Å². The van der Waals surface area contributed by atoms with Gasteiger partial charge in [0, 0.05) is 65.6 Å². The molecule has 1 unspecified atom stereocenters. The second-order valence-corrected chi connectivity index (χ2v) is 11.3. The van der Waals surface area contributed by atoms with E-state index in [4.69, 9.17) is 9.47 Å². The number of carbonyl (C=O) groups excluding carboxylic acids is 2. The summed E-state index contributed by atoms with van der Waals surface area (Å²) in [5.41, 5.74) is 3.97. The van der Waals surface area contributed by atoms with Crippen LogP contribution in [0.3, 0.4) is 0 Å². The number of hydrogen-bond donors (Lipinski definition) is 3. The number of H-pyrrole nitrogens is 2. The second-order valence-electron chi connectivity index (χ2n) is 11.3. The van der Waals surface area contributed by atoms with Gasteiger partial charge in [0.15, 0.2) is 11.6 Å². The number of halogens is 2. The number of aryl methyl sites for hydroxylation is 1. The van der Waals surface area contributed by atoms with Gasteiger partial charge in [0.1, 0.15) is 17.4 Å². The molecule has 1 amide bonds. The molecule has 0 fully saturated rings. The first-order chi connectivity index (χ1) is 22.4. The van der Waals surface area contributed by atoms with Crippen molar-refractivity contribution < 1.29 is 27.8 Å². The Labute approximate surface area is 264 Å². The van der Waals surface area contributed by atoms with Gasteiger partial charge in [-0.1, -0.05) is 37.1 Å². The van der Waals surface area contributed by atoms with Crippen LogP contribution in [0.5, 0.6) is 11.5 Å². The van der Waals surface area contributed by atoms with Gasteiger partial charge in [-0.3, -0.25) is 9.59 Å². The maximum Gasteiger partial charge on any atom is 0.305 e. The third kappa shape index (κ3) is 6.86. The average molecular weight is 625 g/mol. The molecule has 3 aromatic carbocycles. The lowest BCUT2D eigenvalue weighted by Gasteiger charge is -2.17. The van der Waals surface area contributed by atoms with Gasteiger partial charge in [-0.2, -0.15) is 0 Å². The molecule has 1 aliphatic rings. The van der Waals surface area contributed by atoms with Crippen molar-refractivity contribution in [1.29, 1.82) is 0 Å². The molecule has 0 radical (unpaired) electrons. The van der Waals surface area contributed by atoms with E-state index in [2.05, 4.69) is 26.3 Å². The molecule has 0 saturated carbocycles. The summed E-state index contributed by atoms with van der Waals surface area (Å²) in [6.45, 7) is 0.488. The van der Waals surface area contributed by atoms with Gasteiger partial charge in [-0.05, 0) is 60.7 Å². The average Bonchev–Trinajstić information content (AvgIpc) is 3.74. The molecule has 3 N–H and O–H groups in total. The minimum Gasteiger partial charge on any atom is -0.469 e. The number of ether oxygens (including phenoxy) is 2. The van der Waals surface area contributed by atoms with Gasteiger partial charge >= 0.3 is 5.97 Å². The third-order valence-corrected chi connectivity index (χ3v) is 8.25. The number of aromatic nitrogens is 3. The van der Waals surface area contributed by atoms with Crippen LogP contribution in [0.25, 0.3) is 28.4 Å². The van der Waals surface area contributed by atoms with Gasteiger partial charge in [-0.15, -0.1) is 0 Å². The van der Waals surface area contributed by atoms with Crippen molar-refractivity contribution in [3.63, 3.8) is 0 Å². The summed E-state index contributed by atoms with van der Waals surface area (Å²) in [6.07, 6.45) is 10.4. The van der Waals surface area contributed by atoms with E-state index in [0.717, 1.165) is 42.5 Å². The van der Waals surface area contributed by atoms with Crippen LogP contribution in [-0.2, 0) is 20.7 Å². The standard InChI is InChI=1S/C36H34F2N4O4/c1-45-34(44)14-9-22-6-5-7-23(18-22)25-8-3-2-4-16-40-33(43)13-11-27-26-15-17-39-31(26)20-30(38)35(27)46-24-10-12-29(37)28(19-24)36-41-21-32(25)42-36/h5-7,10-13,15,17-21,25,39H,2-4,8-9,14,16H2,1H3,(H,40,43)(H,41,42)/b13-11+. The fourth-order valence-electron chi connectivity index (χ4n) is 5.86. The Hall–Kier alpha value is -5.25. The molecule has 3 heterocycles. The highest BCUT2D eigenvalue weighted by atomic mass is 19.1. The minimum absolute atomic E-state index is 0.0776. The Bertz CT molecular complexity index is 1910. The molecule has 4 bridgehead atoms. The number of fused-ring (bicyclic) bond motifs is 8. The SMILES string of the molecule is COC(=O)CCc1cccc(C2CCCCCNC(=O)/C=C/c3c(c(F)cc4[nH]ccc34)Oc3ccc(F)c(c3)-c3ncc2[nH]3)c1. The number of imidazole rings is 1. The first-order valence-electron chi connectivity index (χ1n) is 15.3. The fourth-order valence-corrected chi connectivity index (χ4v) is 5.86. The highest BCUT2D eigenvalue weighted by molar-refractivity contribution is 5.97. The van der Waals surface area contributed by atoms with Crippen LogP contribution in [-0.4, -0.2) is 40.5 Å². The van der Waals surface area contributed by atoms with Crippen molar-refractivity contribution >= 4 is 28.9 Å². The van der Waals surface area contributed by atoms with Crippen LogP contribution in [0.2, 0.25) is 0 Å². The summed E-state index contributed by atoms with van der Waals surface area (Å²) in [5, 5.41) is 3.58. The summed E-state index contributed by atoms with van der Waals surface area (Å²) in [6, 6.07) is 15.3. The van der Waals surface area contributed by atoms with Crippen molar-refractivity contribution in [1.82, 2.24) is 20.3 Å². The van der Waals surface area contributed by atoms with Crippen LogP contribution < -0.4 is 10.1 Å². The van der Waals surface area contributed by atoms with Gasteiger partial charge in [0.25, 0.3) is 0 Å². The molecule has 0 spiro atoms. The number of methoxy groups -OCH3 is 1. The first-order valence-corrected chi connectivity index (χ1v) is 15.3. The number of nitrogens with zero attached hydrogens (tertiary/aromatic N) is 1. The maximum atomic E-state index is 15.4. The first kappa shape index (κ1) is 30.8. The van der Waals surface area contributed by atoms with E-state index in [1.807, 2.05) is 18.2 Å². The molecule has 0 aliphatic carbocycles. The molecule has 5 aromatic rings. The summed E-state index contributed by atoms with van der Waals surface area (Å²) in [5.74, 6) is -1.36. The van der Waals surface area contributed by atoms with E-state index in [0.29, 0.717) is 35.3 Å². The second kappa shape index (κ2) is 13.8. The molecule has 2 aromatic heterocycles. The van der Waals surface area contributed by atoms with E-state index < -0.39 is 11.6 Å². The normalized spacial score (nSPS) is 16.3. The highest BCUT2D eigenvalue weighted by Gasteiger charge is 2.21. The number of carbonyl (C=O) groups is 2. The van der Waals surface area contributed by atoms with Crippen LogP contribution >= 0.6 is 0 Å². The van der Waals surface area contributed by atoms with E-state index in [1.54, 1.807) is 18.5 Å². The molecule has 1 atom stereocenters.